The highest BCUT2D eigenvalue weighted by molar-refractivity contribution is 6.16. The van der Waals surface area contributed by atoms with Gasteiger partial charge in [0.15, 0.2) is 17.5 Å². The quantitative estimate of drug-likeness (QED) is 0.166. The second-order valence-electron chi connectivity index (χ2n) is 17.9. The van der Waals surface area contributed by atoms with Crippen molar-refractivity contribution in [2.45, 2.75) is 0 Å². The van der Waals surface area contributed by atoms with E-state index in [0.717, 1.165) is 105 Å². The molecule has 0 aliphatic rings. The van der Waals surface area contributed by atoms with Crippen LogP contribution in [0.15, 0.2) is 233 Å². The van der Waals surface area contributed by atoms with Crippen LogP contribution >= 0.6 is 0 Å². The average Bonchev–Trinajstić information content (AvgIpc) is 4.18. The van der Waals surface area contributed by atoms with Gasteiger partial charge in [0.2, 0.25) is 0 Å². The third-order valence-corrected chi connectivity index (χ3v) is 14.0. The Labute approximate surface area is 399 Å². The summed E-state index contributed by atoms with van der Waals surface area (Å²) in [6.45, 7) is 0. The molecule has 5 heterocycles. The van der Waals surface area contributed by atoms with Crippen molar-refractivity contribution in [1.82, 2.24) is 24.1 Å². The van der Waals surface area contributed by atoms with E-state index >= 15 is 0 Å². The van der Waals surface area contributed by atoms with Crippen molar-refractivity contribution < 1.29 is 8.83 Å². The van der Waals surface area contributed by atoms with E-state index in [2.05, 4.69) is 161 Å². The van der Waals surface area contributed by atoms with E-state index in [9.17, 15) is 0 Å². The Hall–Kier alpha value is -9.59. The maximum absolute atomic E-state index is 6.77. The maximum Gasteiger partial charge on any atom is 0.167 e. The lowest BCUT2D eigenvalue weighted by Crippen LogP contribution is -2.02. The van der Waals surface area contributed by atoms with Gasteiger partial charge < -0.3 is 18.0 Å². The Balaban J connectivity index is 0.949. The molecule has 326 valence electrons. The number of aromatic nitrogens is 5. The van der Waals surface area contributed by atoms with Crippen molar-refractivity contribution >= 4 is 87.5 Å². The Kier molecular flexibility index (Phi) is 8.23. The first-order chi connectivity index (χ1) is 34.7. The molecule has 0 aliphatic heterocycles. The summed E-state index contributed by atoms with van der Waals surface area (Å²) in [6.07, 6.45) is 0. The molecule has 0 fully saturated rings. The van der Waals surface area contributed by atoms with Crippen molar-refractivity contribution in [2.75, 3.05) is 0 Å². The summed E-state index contributed by atoms with van der Waals surface area (Å²) in [4.78, 5) is 15.8. The van der Waals surface area contributed by atoms with Gasteiger partial charge in [0.25, 0.3) is 0 Å². The summed E-state index contributed by atoms with van der Waals surface area (Å²) >= 11 is 0. The molecule has 10 aromatic carbocycles. The first kappa shape index (κ1) is 38.5. The fourth-order valence-electron chi connectivity index (χ4n) is 10.8. The molecule has 0 radical (unpaired) electrons. The van der Waals surface area contributed by atoms with Gasteiger partial charge in [0.1, 0.15) is 22.3 Å². The average molecular weight is 896 g/mol. The standard InChI is InChI=1S/C63H37N5O2/c1-3-16-38(17-4-1)61-64-62(48-25-15-24-46-45-22-9-13-28-56(45)70-60(46)48)66-63(65-61)51-36-42(37-58-59(51)47-23-10-14-29-57(47)69-58)68-53-27-12-8-21-44(53)50-35-40(31-33-55(50)68)39-30-32-54-49(34-39)43-20-7-11-26-52(43)67(54)41-18-5-2-6-19-41/h1-37H. The van der Waals surface area contributed by atoms with Crippen LogP contribution in [-0.4, -0.2) is 24.1 Å². The zero-order chi connectivity index (χ0) is 45.9. The molecule has 5 aromatic heterocycles. The van der Waals surface area contributed by atoms with Crippen LogP contribution in [-0.2, 0) is 0 Å². The van der Waals surface area contributed by atoms with E-state index in [-0.39, 0.29) is 0 Å². The van der Waals surface area contributed by atoms with Gasteiger partial charge in [-0.05, 0) is 83.9 Å². The zero-order valence-corrected chi connectivity index (χ0v) is 37.4. The summed E-state index contributed by atoms with van der Waals surface area (Å²) in [7, 11) is 0. The van der Waals surface area contributed by atoms with Crippen LogP contribution in [0.3, 0.4) is 0 Å². The van der Waals surface area contributed by atoms with Crippen molar-refractivity contribution in [3.63, 3.8) is 0 Å². The van der Waals surface area contributed by atoms with E-state index in [0.29, 0.717) is 17.5 Å². The molecule has 0 spiro atoms. The number of nitrogens with zero attached hydrogens (tertiary/aromatic N) is 5. The number of hydrogen-bond donors (Lipinski definition) is 0. The molecule has 0 unspecified atom stereocenters. The normalized spacial score (nSPS) is 12.0. The fourth-order valence-corrected chi connectivity index (χ4v) is 10.8. The molecule has 0 bridgehead atoms. The number of furan rings is 2. The molecule has 0 saturated carbocycles. The molecule has 0 N–H and O–H groups in total. The molecule has 15 rings (SSSR count). The van der Waals surface area contributed by atoms with Gasteiger partial charge in [-0.15, -0.1) is 0 Å². The van der Waals surface area contributed by atoms with Gasteiger partial charge in [0.05, 0.1) is 33.3 Å². The summed E-state index contributed by atoms with van der Waals surface area (Å²) in [6, 6.07) is 78.6. The van der Waals surface area contributed by atoms with Crippen molar-refractivity contribution in [2.24, 2.45) is 0 Å². The predicted molar refractivity (Wildman–Crippen MR) is 285 cm³/mol. The van der Waals surface area contributed by atoms with E-state index < -0.39 is 0 Å². The summed E-state index contributed by atoms with van der Waals surface area (Å²) in [5.74, 6) is 1.61. The first-order valence-corrected chi connectivity index (χ1v) is 23.5. The van der Waals surface area contributed by atoms with E-state index in [4.69, 9.17) is 23.8 Å². The Morgan fingerprint density at radius 1 is 0.286 bits per heavy atom. The minimum absolute atomic E-state index is 0.520. The van der Waals surface area contributed by atoms with E-state index in [1.807, 2.05) is 72.8 Å². The summed E-state index contributed by atoms with van der Waals surface area (Å²) in [5, 5.41) is 8.72. The molecule has 15 aromatic rings. The molecular formula is C63H37N5O2. The number of para-hydroxylation sites is 6. The van der Waals surface area contributed by atoms with Gasteiger partial charge in [-0.3, -0.25) is 0 Å². The third-order valence-electron chi connectivity index (χ3n) is 14.0. The van der Waals surface area contributed by atoms with E-state index in [1.54, 1.807) is 0 Å². The van der Waals surface area contributed by atoms with Crippen LogP contribution in [0.25, 0.3) is 144 Å². The van der Waals surface area contributed by atoms with E-state index in [1.165, 1.54) is 21.8 Å². The Morgan fingerprint density at radius 3 is 1.49 bits per heavy atom. The van der Waals surface area contributed by atoms with Crippen molar-refractivity contribution in [3.05, 3.63) is 224 Å². The number of benzene rings is 10. The molecule has 7 nitrogen and oxygen atoms in total. The summed E-state index contributed by atoms with van der Waals surface area (Å²) in [5.41, 5.74) is 14.5. The predicted octanol–water partition coefficient (Wildman–Crippen LogP) is 16.5. The maximum atomic E-state index is 6.77. The van der Waals surface area contributed by atoms with Gasteiger partial charge in [-0.2, -0.15) is 0 Å². The number of fused-ring (bicyclic) bond motifs is 12. The fraction of sp³-hybridized carbons (Fsp3) is 0. The minimum atomic E-state index is 0.520. The molecule has 7 heteroatoms. The third kappa shape index (κ3) is 5.79. The van der Waals surface area contributed by atoms with Gasteiger partial charge in [0, 0.05) is 66.0 Å². The van der Waals surface area contributed by atoms with Gasteiger partial charge in [-0.1, -0.05) is 146 Å². The SMILES string of the molecule is c1ccc(-c2nc(-c3cccc4c3oc3ccccc34)nc(-c3cc(-n4c5ccccc5c5cc(-c6ccc7c(c6)c6ccccc6n7-c6ccccc6)ccc54)cc4oc5ccccc5c34)n2)cc1. The highest BCUT2D eigenvalue weighted by Crippen LogP contribution is 2.43. The Bertz CT molecular complexity index is 4600. The first-order valence-electron chi connectivity index (χ1n) is 23.5. The van der Waals surface area contributed by atoms with Crippen LogP contribution in [0.5, 0.6) is 0 Å². The molecule has 0 saturated heterocycles. The number of hydrogen-bond acceptors (Lipinski definition) is 5. The van der Waals surface area contributed by atoms with Crippen LogP contribution in [0.1, 0.15) is 0 Å². The molecular weight excluding hydrogens is 859 g/mol. The topological polar surface area (TPSA) is 74.8 Å². The highest BCUT2D eigenvalue weighted by Gasteiger charge is 2.23. The zero-order valence-electron chi connectivity index (χ0n) is 37.4. The van der Waals surface area contributed by atoms with Crippen LogP contribution < -0.4 is 0 Å². The lowest BCUT2D eigenvalue weighted by atomic mass is 10.0. The second kappa shape index (κ2) is 15.0. The van der Waals surface area contributed by atoms with Crippen LogP contribution in [0.4, 0.5) is 0 Å². The lowest BCUT2D eigenvalue weighted by Gasteiger charge is -2.13. The molecule has 70 heavy (non-hydrogen) atoms. The van der Waals surface area contributed by atoms with Crippen molar-refractivity contribution in [1.29, 1.82) is 0 Å². The van der Waals surface area contributed by atoms with Gasteiger partial charge >= 0.3 is 0 Å². The largest absolute Gasteiger partial charge is 0.456 e. The molecule has 0 aliphatic carbocycles. The Morgan fingerprint density at radius 2 is 0.800 bits per heavy atom. The lowest BCUT2D eigenvalue weighted by molar-refractivity contribution is 0.668. The monoisotopic (exact) mass is 895 g/mol. The smallest absolute Gasteiger partial charge is 0.167 e. The summed E-state index contributed by atoms with van der Waals surface area (Å²) < 4.78 is 18.0. The van der Waals surface area contributed by atoms with Gasteiger partial charge in [-0.25, -0.2) is 15.0 Å². The number of rotatable bonds is 6. The molecule has 0 atom stereocenters. The van der Waals surface area contributed by atoms with Crippen molar-refractivity contribution in [3.8, 4) is 56.7 Å². The highest BCUT2D eigenvalue weighted by atomic mass is 16.3. The van der Waals surface area contributed by atoms with Crippen LogP contribution in [0.2, 0.25) is 0 Å². The second-order valence-corrected chi connectivity index (χ2v) is 17.9. The minimum Gasteiger partial charge on any atom is -0.456 e. The molecule has 0 amide bonds. The van der Waals surface area contributed by atoms with Crippen LogP contribution in [0, 0.1) is 0 Å².